The number of ether oxygens (including phenoxy) is 2. The zero-order chi connectivity index (χ0) is 14.7. The maximum atomic E-state index is 12.3. The van der Waals surface area contributed by atoms with Crippen molar-refractivity contribution < 1.29 is 14.3 Å². The fourth-order valence-electron chi connectivity index (χ4n) is 2.28. The molecule has 21 heavy (non-hydrogen) atoms. The van der Waals surface area contributed by atoms with Gasteiger partial charge in [-0.2, -0.15) is 0 Å². The van der Waals surface area contributed by atoms with Gasteiger partial charge < -0.3 is 15.2 Å². The Kier molecular flexibility index (Phi) is 3.64. The number of carbonyl (C=O) groups excluding carboxylic acids is 1. The lowest BCUT2D eigenvalue weighted by Gasteiger charge is -2.29. The Balaban J connectivity index is 1.75. The minimum atomic E-state index is -0.415. The quantitative estimate of drug-likeness (QED) is 0.861. The average Bonchev–Trinajstić information content (AvgIpc) is 2.53. The molecule has 5 heteroatoms. The molecule has 0 aromatic heterocycles. The molecule has 3 rings (SSSR count). The number of hydrogen-bond acceptors (Lipinski definition) is 4. The lowest BCUT2D eigenvalue weighted by atomic mass is 10.2. The van der Waals surface area contributed by atoms with Crippen LogP contribution >= 0.6 is 0 Å². The lowest BCUT2D eigenvalue weighted by Crippen LogP contribution is -2.38. The summed E-state index contributed by atoms with van der Waals surface area (Å²) in [5.74, 6) is 0.609. The highest BCUT2D eigenvalue weighted by Gasteiger charge is 2.26. The maximum absolute atomic E-state index is 12.3. The SMILES string of the molecule is Nc1cccc2c1N(C(=O)OCc1ccccc1)CCO2. The monoisotopic (exact) mass is 284 g/mol. The second-order valence-electron chi connectivity index (χ2n) is 4.73. The van der Waals surface area contributed by atoms with Crippen LogP contribution in [0.4, 0.5) is 16.2 Å². The number of anilines is 2. The fraction of sp³-hybridized carbons (Fsp3) is 0.188. The molecule has 0 spiro atoms. The van der Waals surface area contributed by atoms with Gasteiger partial charge in [0.2, 0.25) is 0 Å². The summed E-state index contributed by atoms with van der Waals surface area (Å²) in [5.41, 5.74) is 7.98. The van der Waals surface area contributed by atoms with Crippen molar-refractivity contribution >= 4 is 17.5 Å². The largest absolute Gasteiger partial charge is 0.489 e. The van der Waals surface area contributed by atoms with E-state index >= 15 is 0 Å². The Hall–Kier alpha value is -2.69. The molecule has 0 fully saturated rings. The highest BCUT2D eigenvalue weighted by atomic mass is 16.6. The van der Waals surface area contributed by atoms with E-state index in [1.807, 2.05) is 30.3 Å². The second kappa shape index (κ2) is 5.75. The van der Waals surface area contributed by atoms with Gasteiger partial charge in [-0.1, -0.05) is 36.4 Å². The van der Waals surface area contributed by atoms with Crippen LogP contribution in [-0.2, 0) is 11.3 Å². The predicted molar refractivity (Wildman–Crippen MR) is 80.3 cm³/mol. The number of rotatable bonds is 2. The van der Waals surface area contributed by atoms with E-state index in [0.29, 0.717) is 30.3 Å². The third-order valence-electron chi connectivity index (χ3n) is 3.30. The van der Waals surface area contributed by atoms with E-state index in [-0.39, 0.29) is 6.61 Å². The molecule has 0 saturated carbocycles. The van der Waals surface area contributed by atoms with Crippen molar-refractivity contribution in [3.63, 3.8) is 0 Å². The highest BCUT2D eigenvalue weighted by Crippen LogP contribution is 2.37. The zero-order valence-corrected chi connectivity index (χ0v) is 11.5. The second-order valence-corrected chi connectivity index (χ2v) is 4.73. The van der Waals surface area contributed by atoms with Crippen molar-refractivity contribution in [2.24, 2.45) is 0 Å². The van der Waals surface area contributed by atoms with E-state index in [1.54, 1.807) is 18.2 Å². The summed E-state index contributed by atoms with van der Waals surface area (Å²) in [6, 6.07) is 14.9. The van der Waals surface area contributed by atoms with Crippen LogP contribution in [0, 0.1) is 0 Å². The van der Waals surface area contributed by atoms with Gasteiger partial charge >= 0.3 is 6.09 Å². The van der Waals surface area contributed by atoms with Gasteiger partial charge in [-0.05, 0) is 17.7 Å². The molecule has 1 heterocycles. The molecule has 0 aliphatic carbocycles. The van der Waals surface area contributed by atoms with Crippen LogP contribution in [0.15, 0.2) is 48.5 Å². The smallest absolute Gasteiger partial charge is 0.414 e. The van der Waals surface area contributed by atoms with Crippen molar-refractivity contribution in [3.8, 4) is 5.75 Å². The van der Waals surface area contributed by atoms with E-state index in [9.17, 15) is 4.79 Å². The highest BCUT2D eigenvalue weighted by molar-refractivity contribution is 5.94. The molecule has 0 radical (unpaired) electrons. The third kappa shape index (κ3) is 2.76. The molecule has 2 N–H and O–H groups in total. The summed E-state index contributed by atoms with van der Waals surface area (Å²) in [6.07, 6.45) is -0.415. The van der Waals surface area contributed by atoms with Crippen LogP contribution in [0.1, 0.15) is 5.56 Å². The summed E-state index contributed by atoms with van der Waals surface area (Å²) in [4.78, 5) is 13.8. The first kappa shape index (κ1) is 13.3. The van der Waals surface area contributed by atoms with Gasteiger partial charge in [0.25, 0.3) is 0 Å². The van der Waals surface area contributed by atoms with Crippen molar-refractivity contribution in [2.75, 3.05) is 23.8 Å². The van der Waals surface area contributed by atoms with Gasteiger partial charge in [0, 0.05) is 0 Å². The van der Waals surface area contributed by atoms with Gasteiger partial charge in [-0.3, -0.25) is 4.90 Å². The zero-order valence-electron chi connectivity index (χ0n) is 11.5. The molecule has 0 bridgehead atoms. The van der Waals surface area contributed by atoms with E-state index < -0.39 is 6.09 Å². The van der Waals surface area contributed by atoms with Gasteiger partial charge in [0.05, 0.1) is 12.2 Å². The van der Waals surface area contributed by atoms with Crippen molar-refractivity contribution in [2.45, 2.75) is 6.61 Å². The Morgan fingerprint density at radius 3 is 2.81 bits per heavy atom. The van der Waals surface area contributed by atoms with E-state index in [0.717, 1.165) is 5.56 Å². The van der Waals surface area contributed by atoms with Crippen LogP contribution in [-0.4, -0.2) is 19.2 Å². The Morgan fingerprint density at radius 1 is 1.19 bits per heavy atom. The molecular formula is C16H16N2O3. The molecule has 2 aromatic rings. The number of amides is 1. The summed E-state index contributed by atoms with van der Waals surface area (Å²) in [5, 5.41) is 0. The lowest BCUT2D eigenvalue weighted by molar-refractivity contribution is 0.144. The third-order valence-corrected chi connectivity index (χ3v) is 3.30. The molecule has 5 nitrogen and oxygen atoms in total. The predicted octanol–water partition coefficient (Wildman–Crippen LogP) is 2.80. The summed E-state index contributed by atoms with van der Waals surface area (Å²) in [7, 11) is 0. The molecule has 0 atom stereocenters. The first-order chi connectivity index (χ1) is 10.3. The number of nitrogens with two attached hydrogens (primary N) is 1. The van der Waals surface area contributed by atoms with Crippen LogP contribution in [0.25, 0.3) is 0 Å². The fourth-order valence-corrected chi connectivity index (χ4v) is 2.28. The van der Waals surface area contributed by atoms with Crippen LogP contribution < -0.4 is 15.4 Å². The molecule has 1 aliphatic heterocycles. The Labute approximate surface area is 122 Å². The molecule has 2 aromatic carbocycles. The Morgan fingerprint density at radius 2 is 2.00 bits per heavy atom. The standard InChI is InChI=1S/C16H16N2O3/c17-13-7-4-8-14-15(13)18(9-10-20-14)16(19)21-11-12-5-2-1-3-6-12/h1-8H,9-11,17H2. The Bertz CT molecular complexity index is 643. The minimum Gasteiger partial charge on any atom is -0.489 e. The average molecular weight is 284 g/mol. The van der Waals surface area contributed by atoms with Gasteiger partial charge in [-0.15, -0.1) is 0 Å². The normalized spacial score (nSPS) is 13.2. The van der Waals surface area contributed by atoms with Crippen molar-refractivity contribution in [1.82, 2.24) is 0 Å². The maximum Gasteiger partial charge on any atom is 0.414 e. The van der Waals surface area contributed by atoms with Gasteiger partial charge in [0.1, 0.15) is 24.7 Å². The van der Waals surface area contributed by atoms with E-state index in [1.165, 1.54) is 4.90 Å². The van der Waals surface area contributed by atoms with E-state index in [2.05, 4.69) is 0 Å². The first-order valence-corrected chi connectivity index (χ1v) is 6.75. The van der Waals surface area contributed by atoms with Gasteiger partial charge in [-0.25, -0.2) is 4.79 Å². The number of para-hydroxylation sites is 1. The molecule has 0 saturated heterocycles. The van der Waals surface area contributed by atoms with Crippen molar-refractivity contribution in [1.29, 1.82) is 0 Å². The van der Waals surface area contributed by atoms with Crippen molar-refractivity contribution in [3.05, 3.63) is 54.1 Å². The molecule has 108 valence electrons. The summed E-state index contributed by atoms with van der Waals surface area (Å²) >= 11 is 0. The number of fused-ring (bicyclic) bond motifs is 1. The van der Waals surface area contributed by atoms with Crippen LogP contribution in [0.3, 0.4) is 0 Å². The molecular weight excluding hydrogens is 268 g/mol. The molecule has 0 unspecified atom stereocenters. The molecule has 1 amide bonds. The number of nitrogens with zero attached hydrogens (tertiary/aromatic N) is 1. The molecule has 1 aliphatic rings. The number of hydrogen-bond donors (Lipinski definition) is 1. The number of carbonyl (C=O) groups is 1. The number of nitrogen functional groups attached to an aromatic ring is 1. The first-order valence-electron chi connectivity index (χ1n) is 6.75. The number of benzene rings is 2. The summed E-state index contributed by atoms with van der Waals surface area (Å²) in [6.45, 7) is 1.09. The van der Waals surface area contributed by atoms with Crippen LogP contribution in [0.2, 0.25) is 0 Å². The topological polar surface area (TPSA) is 64.8 Å². The van der Waals surface area contributed by atoms with Crippen LogP contribution in [0.5, 0.6) is 5.75 Å². The van der Waals surface area contributed by atoms with E-state index in [4.69, 9.17) is 15.2 Å². The van der Waals surface area contributed by atoms with Gasteiger partial charge in [0.15, 0.2) is 0 Å². The minimum absolute atomic E-state index is 0.235. The summed E-state index contributed by atoms with van der Waals surface area (Å²) < 4.78 is 10.9.